The van der Waals surface area contributed by atoms with Crippen molar-refractivity contribution in [2.24, 2.45) is 0 Å². The van der Waals surface area contributed by atoms with Gasteiger partial charge in [-0.2, -0.15) is 0 Å². The third-order valence-electron chi connectivity index (χ3n) is 0. The van der Waals surface area contributed by atoms with Crippen molar-refractivity contribution in [1.82, 2.24) is 0 Å². The maximum absolute atomic E-state index is 0. The van der Waals surface area contributed by atoms with Crippen LogP contribution in [0.25, 0.3) is 0 Å². The molecule has 0 N–H and O–H groups in total. The molecular weight excluding hydrogens is 434 g/mol. The van der Waals surface area contributed by atoms with Crippen LogP contribution in [-0.2, 0) is 44.4 Å². The molecule has 3 radical (unpaired) electrons. The fraction of sp³-hybridized carbons (Fsp3) is 0. The van der Waals surface area contributed by atoms with Crippen molar-refractivity contribution in [3.05, 3.63) is 0 Å². The molecule has 0 rings (SSSR count). The van der Waals surface area contributed by atoms with Gasteiger partial charge in [0.1, 0.15) is 0 Å². The predicted molar refractivity (Wildman–Crippen MR) is 26.5 cm³/mol. The topological polar surface area (TPSA) is 0 Å². The Hall–Kier alpha value is 3.66. The van der Waals surface area contributed by atoms with Crippen molar-refractivity contribution < 1.29 is 47.2 Å². The Morgan fingerprint density at radius 2 is 1.20 bits per heavy atom. The summed E-state index contributed by atoms with van der Waals surface area (Å²) in [5.74, 6) is 0. The van der Waals surface area contributed by atoms with Gasteiger partial charge in [-0.3, -0.25) is 0 Å². The molecule has 0 aliphatic rings. The molecule has 0 aromatic carbocycles. The van der Waals surface area contributed by atoms with Gasteiger partial charge in [-0.05, 0) is 0 Å². The first-order valence-corrected chi connectivity index (χ1v) is 0. The number of hydrogen-bond acceptors (Lipinski definition) is 0. The Labute approximate surface area is 113 Å². The van der Waals surface area contributed by atoms with E-state index in [9.17, 15) is 0 Å². The van der Waals surface area contributed by atoms with E-state index in [2.05, 4.69) is 0 Å². The van der Waals surface area contributed by atoms with E-state index in [0.29, 0.717) is 0 Å². The van der Waals surface area contributed by atoms with E-state index in [1.807, 2.05) is 0 Å². The molecule has 0 nitrogen and oxygen atoms in total. The SMILES string of the molecule is [AlH3].[Cd].[Cu].[H-].[H-].[Mg+2].[PbH2]. The summed E-state index contributed by atoms with van der Waals surface area (Å²) in [6, 6.07) is 0. The van der Waals surface area contributed by atoms with Crippen LogP contribution in [0, 0.1) is 0 Å². The van der Waals surface area contributed by atoms with E-state index < -0.39 is 0 Å². The van der Waals surface area contributed by atoms with E-state index >= 15 is 0 Å². The van der Waals surface area contributed by atoms with Gasteiger partial charge in [-0.1, -0.05) is 0 Å². The molecule has 5 heteroatoms. The van der Waals surface area contributed by atoms with Crippen LogP contribution >= 0.6 is 0 Å². The molecule has 29 valence electrons. The summed E-state index contributed by atoms with van der Waals surface area (Å²) in [6.07, 6.45) is 0. The van der Waals surface area contributed by atoms with Gasteiger partial charge in [-0.25, -0.2) is 0 Å². The van der Waals surface area contributed by atoms with Crippen molar-refractivity contribution in [2.45, 2.75) is 0 Å². The molecule has 0 aromatic rings. The van der Waals surface area contributed by atoms with E-state index in [1.165, 1.54) is 0 Å². The molecule has 0 aromatic heterocycles. The summed E-state index contributed by atoms with van der Waals surface area (Å²) in [5, 5.41) is 0. The standard InChI is InChI=1S/Al.Cd.Cu.Mg.Pb.7H/q;;;+2;;;;;;;2*-1. The quantitative estimate of drug-likeness (QED) is 0.373. The normalized spacial score (nSPS) is 0. The first-order chi connectivity index (χ1) is 0. The van der Waals surface area contributed by atoms with Gasteiger partial charge in [0.15, 0.2) is 17.4 Å². The molecule has 0 bridgehead atoms. The molecule has 0 aliphatic heterocycles. The minimum absolute atomic E-state index is 0. The molecule has 0 aliphatic carbocycles. The Morgan fingerprint density at radius 1 is 1.20 bits per heavy atom. The zero-order valence-electron chi connectivity index (χ0n) is 4.42. The molecule has 0 amide bonds. The molecule has 0 unspecified atom stereocenters. The van der Waals surface area contributed by atoms with Crippen molar-refractivity contribution in [1.29, 1.82) is 0 Å². The van der Waals surface area contributed by atoms with Gasteiger partial charge in [-0.15, -0.1) is 0 Å². The van der Waals surface area contributed by atoms with Gasteiger partial charge in [0, 0.05) is 44.4 Å². The average Bonchev–Trinajstić information content (AvgIpc) is 0. The predicted octanol–water partition coefficient (Wildman–Crippen LogP) is -2.26. The third kappa shape index (κ3) is 18.3. The molecule has 0 saturated heterocycles. The second-order valence-corrected chi connectivity index (χ2v) is 0. The zero-order chi connectivity index (χ0) is 0. The van der Waals surface area contributed by atoms with Crippen LogP contribution in [0.5, 0.6) is 0 Å². The summed E-state index contributed by atoms with van der Waals surface area (Å²) in [6.45, 7) is 0. The summed E-state index contributed by atoms with van der Waals surface area (Å²) in [7, 11) is 0. The first-order valence-electron chi connectivity index (χ1n) is 0. The van der Waals surface area contributed by atoms with Crippen LogP contribution in [-0.4, -0.2) is 67.7 Å². The van der Waals surface area contributed by atoms with Crippen LogP contribution in [0.15, 0.2) is 0 Å². The van der Waals surface area contributed by atoms with Crippen LogP contribution in [0.3, 0.4) is 0 Å². The van der Waals surface area contributed by atoms with Gasteiger partial charge in [0.05, 0.1) is 0 Å². The first kappa shape index (κ1) is 37.9. The van der Waals surface area contributed by atoms with Crippen LogP contribution < -0.4 is 0 Å². The number of rotatable bonds is 0. The van der Waals surface area contributed by atoms with Gasteiger partial charge in [0.25, 0.3) is 0 Å². The number of hydrogen-bond donors (Lipinski definition) is 0. The van der Waals surface area contributed by atoms with Crippen LogP contribution in [0.4, 0.5) is 0 Å². The molecule has 0 heterocycles. The fourth-order valence-electron chi connectivity index (χ4n) is 0. The van der Waals surface area contributed by atoms with Crippen molar-refractivity contribution >= 4 is 67.7 Å². The summed E-state index contributed by atoms with van der Waals surface area (Å²) in [4.78, 5) is 0. The molecule has 0 fully saturated rings. The van der Waals surface area contributed by atoms with E-state index in [0.717, 1.165) is 0 Å². The Bertz CT molecular complexity index is 17.7. The van der Waals surface area contributed by atoms with Gasteiger partial charge >= 0.3 is 50.4 Å². The minimum atomic E-state index is 0. The monoisotopic (exact) mass is 443 g/mol. The van der Waals surface area contributed by atoms with Crippen LogP contribution in [0.2, 0.25) is 0 Å². The molecule has 0 atom stereocenters. The van der Waals surface area contributed by atoms with Crippen molar-refractivity contribution in [3.63, 3.8) is 0 Å². The molecule has 0 saturated carbocycles. The average molecular weight is 442 g/mol. The summed E-state index contributed by atoms with van der Waals surface area (Å²) in [5.41, 5.74) is 0. The van der Waals surface area contributed by atoms with Crippen LogP contribution in [0.1, 0.15) is 2.85 Å². The maximum atomic E-state index is 0. The third-order valence-corrected chi connectivity index (χ3v) is 0. The van der Waals surface area contributed by atoms with E-state index in [1.54, 1.807) is 0 Å². The Morgan fingerprint density at radius 3 is 1.20 bits per heavy atom. The fourth-order valence-corrected chi connectivity index (χ4v) is 0. The van der Waals surface area contributed by atoms with Gasteiger partial charge < -0.3 is 2.85 Å². The van der Waals surface area contributed by atoms with Crippen molar-refractivity contribution in [3.8, 4) is 0 Å². The molecular formula is H7AlCdCuMgPb. The second-order valence-electron chi connectivity index (χ2n) is 0. The van der Waals surface area contributed by atoms with E-state index in [-0.39, 0.29) is 115 Å². The Kier molecular flexibility index (Phi) is 192. The van der Waals surface area contributed by atoms with E-state index in [4.69, 9.17) is 0 Å². The van der Waals surface area contributed by atoms with Gasteiger partial charge in [0.2, 0.25) is 0 Å². The summed E-state index contributed by atoms with van der Waals surface area (Å²) < 4.78 is 0. The molecule has 0 spiro atoms. The summed E-state index contributed by atoms with van der Waals surface area (Å²) >= 11 is 0. The molecule has 5 heavy (non-hydrogen) atoms. The van der Waals surface area contributed by atoms with Crippen molar-refractivity contribution in [2.75, 3.05) is 0 Å². The Balaban J connectivity index is 0. The second kappa shape index (κ2) is 25.4. The zero-order valence-corrected chi connectivity index (χ0v) is 14.3.